The first-order chi connectivity index (χ1) is 16.3. The summed E-state index contributed by atoms with van der Waals surface area (Å²) in [4.78, 5) is 32.8. The number of para-hydroxylation sites is 1. The lowest BCUT2D eigenvalue weighted by atomic mass is 9.97. The minimum atomic E-state index is -3.95. The van der Waals surface area contributed by atoms with E-state index in [1.54, 1.807) is 24.3 Å². The molecule has 1 aromatic heterocycles. The first-order valence-electron chi connectivity index (χ1n) is 10.7. The van der Waals surface area contributed by atoms with Gasteiger partial charge in [0.25, 0.3) is 21.8 Å². The highest BCUT2D eigenvalue weighted by Crippen LogP contribution is 2.40. The number of rotatable bonds is 6. The average Bonchev–Trinajstić information content (AvgIpc) is 3.37. The van der Waals surface area contributed by atoms with Gasteiger partial charge in [0.05, 0.1) is 10.9 Å². The SMILES string of the molecule is Cc1ccc(S(=O)(=O)NNC(=O)CN2C(=O)c3ccccc3C2c2c[nH]c3ccccc23)cc1. The second-order valence-corrected chi connectivity index (χ2v) is 9.86. The molecule has 0 fully saturated rings. The van der Waals surface area contributed by atoms with Gasteiger partial charge in [0.1, 0.15) is 6.54 Å². The van der Waals surface area contributed by atoms with Crippen molar-refractivity contribution in [3.63, 3.8) is 0 Å². The molecule has 9 heteroatoms. The van der Waals surface area contributed by atoms with Crippen molar-refractivity contribution in [2.24, 2.45) is 0 Å². The van der Waals surface area contributed by atoms with Gasteiger partial charge in [-0.1, -0.05) is 54.1 Å². The highest BCUT2D eigenvalue weighted by Gasteiger charge is 2.39. The van der Waals surface area contributed by atoms with E-state index in [0.717, 1.165) is 27.6 Å². The number of aromatic nitrogens is 1. The summed E-state index contributed by atoms with van der Waals surface area (Å²) in [6, 6.07) is 20.7. The largest absolute Gasteiger partial charge is 0.361 e. The van der Waals surface area contributed by atoms with Gasteiger partial charge in [0.15, 0.2) is 0 Å². The van der Waals surface area contributed by atoms with E-state index in [4.69, 9.17) is 0 Å². The van der Waals surface area contributed by atoms with Gasteiger partial charge in [-0.15, -0.1) is 4.83 Å². The first-order valence-corrected chi connectivity index (χ1v) is 12.2. The maximum atomic E-state index is 13.2. The Kier molecular flexibility index (Phi) is 5.43. The van der Waals surface area contributed by atoms with Gasteiger partial charge in [-0.2, -0.15) is 0 Å². The summed E-state index contributed by atoms with van der Waals surface area (Å²) in [5.41, 5.74) is 6.25. The number of H-pyrrole nitrogens is 1. The number of nitrogens with zero attached hydrogens (tertiary/aromatic N) is 1. The number of fused-ring (bicyclic) bond motifs is 2. The Bertz CT molecular complexity index is 1510. The van der Waals surface area contributed by atoms with E-state index in [0.29, 0.717) is 5.56 Å². The lowest BCUT2D eigenvalue weighted by molar-refractivity contribution is -0.122. The van der Waals surface area contributed by atoms with Crippen LogP contribution in [0.3, 0.4) is 0 Å². The predicted molar refractivity (Wildman–Crippen MR) is 127 cm³/mol. The van der Waals surface area contributed by atoms with Crippen molar-refractivity contribution >= 4 is 32.7 Å². The number of nitrogens with one attached hydrogen (secondary N) is 3. The Hall–Kier alpha value is -3.95. The van der Waals surface area contributed by atoms with Crippen LogP contribution in [0.1, 0.15) is 33.1 Å². The van der Waals surface area contributed by atoms with Gasteiger partial charge in [-0.05, 0) is 36.8 Å². The molecule has 1 unspecified atom stereocenters. The second kappa shape index (κ2) is 8.44. The molecule has 0 saturated carbocycles. The zero-order chi connectivity index (χ0) is 23.9. The Morgan fingerprint density at radius 1 is 0.971 bits per heavy atom. The van der Waals surface area contributed by atoms with E-state index >= 15 is 0 Å². The molecular formula is C25H22N4O4S. The Balaban J connectivity index is 1.40. The molecule has 0 spiro atoms. The van der Waals surface area contributed by atoms with Crippen LogP contribution in [0.2, 0.25) is 0 Å². The number of amides is 2. The van der Waals surface area contributed by atoms with E-state index in [1.165, 1.54) is 17.0 Å². The van der Waals surface area contributed by atoms with Crippen LogP contribution < -0.4 is 10.3 Å². The molecule has 0 bridgehead atoms. The number of aryl methyl sites for hydroxylation is 1. The van der Waals surface area contributed by atoms with Gasteiger partial charge in [0.2, 0.25) is 0 Å². The number of benzene rings is 3. The summed E-state index contributed by atoms with van der Waals surface area (Å²) >= 11 is 0. The molecule has 172 valence electrons. The Morgan fingerprint density at radius 3 is 2.47 bits per heavy atom. The van der Waals surface area contributed by atoms with Gasteiger partial charge in [-0.25, -0.2) is 8.42 Å². The number of carbonyl (C=O) groups excluding carboxylic acids is 2. The van der Waals surface area contributed by atoms with Crippen molar-refractivity contribution in [3.8, 4) is 0 Å². The lowest BCUT2D eigenvalue weighted by Crippen LogP contribution is -2.47. The van der Waals surface area contributed by atoms with Crippen molar-refractivity contribution in [2.45, 2.75) is 17.9 Å². The summed E-state index contributed by atoms with van der Waals surface area (Å²) in [5.74, 6) is -0.941. The standard InChI is InChI=1S/C25H22N4O4S/c1-16-10-12-17(13-11-16)34(32,33)28-27-23(30)15-29-24(19-7-2-3-8-20(19)25(29)31)21-14-26-22-9-5-4-6-18(21)22/h2-14,24,26,28H,15H2,1H3,(H,27,30). The molecular weight excluding hydrogens is 452 g/mol. The number of hydrazine groups is 1. The number of carbonyl (C=O) groups is 2. The second-order valence-electron chi connectivity index (χ2n) is 8.18. The smallest absolute Gasteiger partial charge is 0.257 e. The van der Waals surface area contributed by atoms with Crippen LogP contribution in [0.25, 0.3) is 10.9 Å². The molecule has 1 aliphatic heterocycles. The van der Waals surface area contributed by atoms with E-state index in [1.807, 2.05) is 49.5 Å². The van der Waals surface area contributed by atoms with Gasteiger partial charge < -0.3 is 9.88 Å². The molecule has 4 aromatic rings. The third kappa shape index (κ3) is 3.85. The normalized spacial score (nSPS) is 15.5. The highest BCUT2D eigenvalue weighted by molar-refractivity contribution is 7.89. The van der Waals surface area contributed by atoms with Crippen LogP contribution in [-0.2, 0) is 14.8 Å². The zero-order valence-electron chi connectivity index (χ0n) is 18.3. The average molecular weight is 475 g/mol. The van der Waals surface area contributed by atoms with Crippen LogP contribution in [-0.4, -0.2) is 36.7 Å². The summed E-state index contributed by atoms with van der Waals surface area (Å²) in [6.45, 7) is 1.52. The summed E-state index contributed by atoms with van der Waals surface area (Å²) < 4.78 is 25.0. The molecule has 3 aromatic carbocycles. The van der Waals surface area contributed by atoms with Crippen molar-refractivity contribution in [3.05, 3.63) is 101 Å². The fourth-order valence-corrected chi connectivity index (χ4v) is 5.14. The van der Waals surface area contributed by atoms with Crippen LogP contribution >= 0.6 is 0 Å². The molecule has 5 rings (SSSR count). The van der Waals surface area contributed by atoms with Gasteiger partial charge in [0, 0.05) is 28.2 Å². The van der Waals surface area contributed by atoms with Crippen LogP contribution in [0.5, 0.6) is 0 Å². The maximum Gasteiger partial charge on any atom is 0.257 e. The summed E-state index contributed by atoms with van der Waals surface area (Å²) in [7, 11) is -3.95. The third-order valence-corrected chi connectivity index (χ3v) is 7.21. The molecule has 1 aliphatic rings. The number of hydrogen-bond donors (Lipinski definition) is 3. The molecule has 0 radical (unpaired) electrons. The summed E-state index contributed by atoms with van der Waals surface area (Å²) in [6.07, 6.45) is 1.84. The summed E-state index contributed by atoms with van der Waals surface area (Å²) in [5, 5.41) is 0.947. The van der Waals surface area contributed by atoms with E-state index in [9.17, 15) is 18.0 Å². The van der Waals surface area contributed by atoms with Crippen molar-refractivity contribution in [2.75, 3.05) is 6.54 Å². The molecule has 0 saturated heterocycles. The molecule has 2 heterocycles. The van der Waals surface area contributed by atoms with Crippen LogP contribution in [0.15, 0.2) is 83.9 Å². The molecule has 3 N–H and O–H groups in total. The first kappa shape index (κ1) is 21.9. The number of sulfonamides is 1. The quantitative estimate of drug-likeness (QED) is 0.373. The van der Waals surface area contributed by atoms with E-state index < -0.39 is 22.0 Å². The van der Waals surface area contributed by atoms with Crippen molar-refractivity contribution in [1.29, 1.82) is 0 Å². The Morgan fingerprint density at radius 2 is 1.68 bits per heavy atom. The number of hydrogen-bond acceptors (Lipinski definition) is 4. The van der Waals surface area contributed by atoms with Gasteiger partial charge in [-0.3, -0.25) is 15.0 Å². The van der Waals surface area contributed by atoms with Crippen LogP contribution in [0, 0.1) is 6.92 Å². The van der Waals surface area contributed by atoms with Gasteiger partial charge >= 0.3 is 0 Å². The molecule has 1 atom stereocenters. The predicted octanol–water partition coefficient (Wildman–Crippen LogP) is 3.03. The molecule has 8 nitrogen and oxygen atoms in total. The maximum absolute atomic E-state index is 13.2. The minimum Gasteiger partial charge on any atom is -0.361 e. The van der Waals surface area contributed by atoms with E-state index in [-0.39, 0.29) is 17.3 Å². The Labute approximate surface area is 196 Å². The monoisotopic (exact) mass is 474 g/mol. The zero-order valence-corrected chi connectivity index (χ0v) is 19.1. The van der Waals surface area contributed by atoms with Crippen molar-refractivity contribution in [1.82, 2.24) is 20.1 Å². The highest BCUT2D eigenvalue weighted by atomic mass is 32.2. The topological polar surface area (TPSA) is 111 Å². The van der Waals surface area contributed by atoms with Crippen molar-refractivity contribution < 1.29 is 18.0 Å². The minimum absolute atomic E-state index is 0.0275. The molecule has 2 amide bonds. The fourth-order valence-electron chi connectivity index (χ4n) is 4.28. The third-order valence-electron chi connectivity index (χ3n) is 5.94. The van der Waals surface area contributed by atoms with E-state index in [2.05, 4.69) is 15.2 Å². The number of aromatic amines is 1. The van der Waals surface area contributed by atoms with Crippen LogP contribution in [0.4, 0.5) is 0 Å². The molecule has 34 heavy (non-hydrogen) atoms. The lowest BCUT2D eigenvalue weighted by Gasteiger charge is -2.25. The molecule has 0 aliphatic carbocycles. The fraction of sp³-hybridized carbons (Fsp3) is 0.120.